The molecular weight excluding hydrogens is 297 g/mol. The predicted octanol–water partition coefficient (Wildman–Crippen LogP) is 2.49. The molecule has 114 valence electrons. The van der Waals surface area contributed by atoms with Gasteiger partial charge in [-0.15, -0.1) is 24.8 Å². The maximum atomic E-state index is 11.9. The molecule has 1 aliphatic rings. The summed E-state index contributed by atoms with van der Waals surface area (Å²) in [6, 6.07) is 3.92. The maximum absolute atomic E-state index is 11.9. The molecule has 0 saturated carbocycles. The van der Waals surface area contributed by atoms with Crippen molar-refractivity contribution < 1.29 is 4.79 Å². The number of piperidine rings is 1. The van der Waals surface area contributed by atoms with Crippen LogP contribution in [-0.4, -0.2) is 24.0 Å². The fraction of sp³-hybridized carbons (Fsp3) is 0.571. The van der Waals surface area contributed by atoms with E-state index in [1.807, 2.05) is 19.1 Å². The van der Waals surface area contributed by atoms with Crippen LogP contribution < -0.4 is 10.6 Å². The largest absolute Gasteiger partial charge is 0.350 e. The molecule has 0 spiro atoms. The van der Waals surface area contributed by atoms with Gasteiger partial charge in [0.25, 0.3) is 0 Å². The number of halogens is 2. The number of pyridine rings is 1. The quantitative estimate of drug-likeness (QED) is 0.896. The van der Waals surface area contributed by atoms with Crippen LogP contribution in [-0.2, 0) is 4.79 Å². The lowest BCUT2D eigenvalue weighted by Crippen LogP contribution is -2.33. The van der Waals surface area contributed by atoms with E-state index in [0.29, 0.717) is 12.3 Å². The Kier molecular flexibility index (Phi) is 9.55. The molecular formula is C14H23Cl2N3O. The maximum Gasteiger partial charge on any atom is 0.220 e. The summed E-state index contributed by atoms with van der Waals surface area (Å²) in [5, 5.41) is 6.36. The second-order valence-electron chi connectivity index (χ2n) is 4.97. The fourth-order valence-electron chi connectivity index (χ4n) is 2.36. The van der Waals surface area contributed by atoms with Crippen molar-refractivity contribution in [3.8, 4) is 0 Å². The highest BCUT2D eigenvalue weighted by molar-refractivity contribution is 5.85. The molecule has 0 aliphatic carbocycles. The second-order valence-corrected chi connectivity index (χ2v) is 4.97. The molecule has 0 bridgehead atoms. The van der Waals surface area contributed by atoms with Gasteiger partial charge in [0, 0.05) is 18.8 Å². The number of nitrogens with zero attached hydrogens (tertiary/aromatic N) is 1. The van der Waals surface area contributed by atoms with Crippen molar-refractivity contribution in [3.63, 3.8) is 0 Å². The molecule has 0 unspecified atom stereocenters. The summed E-state index contributed by atoms with van der Waals surface area (Å²) in [5.74, 6) is 0.686. The number of carbonyl (C=O) groups is 1. The first kappa shape index (κ1) is 19.2. The number of hydrogen-bond donors (Lipinski definition) is 2. The van der Waals surface area contributed by atoms with Crippen molar-refractivity contribution >= 4 is 30.7 Å². The van der Waals surface area contributed by atoms with E-state index in [1.165, 1.54) is 0 Å². The van der Waals surface area contributed by atoms with E-state index >= 15 is 0 Å². The van der Waals surface area contributed by atoms with Gasteiger partial charge in [-0.2, -0.15) is 0 Å². The van der Waals surface area contributed by atoms with E-state index in [-0.39, 0.29) is 36.8 Å². The van der Waals surface area contributed by atoms with Crippen LogP contribution in [0.1, 0.15) is 37.8 Å². The Morgan fingerprint density at radius 1 is 1.45 bits per heavy atom. The molecule has 1 saturated heterocycles. The molecule has 1 fully saturated rings. The zero-order chi connectivity index (χ0) is 12.8. The monoisotopic (exact) mass is 319 g/mol. The van der Waals surface area contributed by atoms with Crippen LogP contribution in [0.5, 0.6) is 0 Å². The van der Waals surface area contributed by atoms with E-state index in [2.05, 4.69) is 15.6 Å². The summed E-state index contributed by atoms with van der Waals surface area (Å²) in [5.41, 5.74) is 1.05. The van der Waals surface area contributed by atoms with Gasteiger partial charge in [0.1, 0.15) is 0 Å². The van der Waals surface area contributed by atoms with Crippen LogP contribution in [0.15, 0.2) is 24.5 Å². The van der Waals surface area contributed by atoms with E-state index in [9.17, 15) is 4.79 Å². The minimum atomic E-state index is 0. The Morgan fingerprint density at radius 3 is 2.75 bits per heavy atom. The van der Waals surface area contributed by atoms with Crippen LogP contribution >= 0.6 is 24.8 Å². The van der Waals surface area contributed by atoms with Gasteiger partial charge in [0.05, 0.1) is 6.04 Å². The van der Waals surface area contributed by atoms with E-state index < -0.39 is 0 Å². The molecule has 1 amide bonds. The Hall–Kier alpha value is -0.840. The van der Waals surface area contributed by atoms with Crippen LogP contribution in [0.4, 0.5) is 0 Å². The van der Waals surface area contributed by atoms with Gasteiger partial charge < -0.3 is 10.6 Å². The molecule has 6 heteroatoms. The summed E-state index contributed by atoms with van der Waals surface area (Å²) < 4.78 is 0. The molecule has 2 N–H and O–H groups in total. The van der Waals surface area contributed by atoms with Crippen molar-refractivity contribution in [1.29, 1.82) is 0 Å². The van der Waals surface area contributed by atoms with Gasteiger partial charge in [-0.25, -0.2) is 0 Å². The average Bonchev–Trinajstić information content (AvgIpc) is 2.40. The van der Waals surface area contributed by atoms with E-state index in [4.69, 9.17) is 0 Å². The first-order valence-electron chi connectivity index (χ1n) is 6.65. The lowest BCUT2D eigenvalue weighted by atomic mass is 9.94. The van der Waals surface area contributed by atoms with Crippen LogP contribution in [0.2, 0.25) is 0 Å². The van der Waals surface area contributed by atoms with Crippen molar-refractivity contribution in [1.82, 2.24) is 15.6 Å². The Balaban J connectivity index is 0.00000180. The number of nitrogens with one attached hydrogen (secondary N) is 2. The summed E-state index contributed by atoms with van der Waals surface area (Å²) in [7, 11) is 0. The Labute approximate surface area is 132 Å². The molecule has 2 heterocycles. The predicted molar refractivity (Wildman–Crippen MR) is 85.5 cm³/mol. The smallest absolute Gasteiger partial charge is 0.220 e. The SMILES string of the molecule is C[C@H](NC(=O)CC1CCNCC1)c1cccnc1.Cl.Cl. The number of rotatable bonds is 4. The van der Waals surface area contributed by atoms with Crippen LogP contribution in [0.25, 0.3) is 0 Å². The van der Waals surface area contributed by atoms with Crippen molar-refractivity contribution in [2.75, 3.05) is 13.1 Å². The molecule has 0 aromatic carbocycles. The van der Waals surface area contributed by atoms with Gasteiger partial charge >= 0.3 is 0 Å². The van der Waals surface area contributed by atoms with E-state index in [0.717, 1.165) is 31.5 Å². The molecule has 0 radical (unpaired) electrons. The summed E-state index contributed by atoms with van der Waals surface area (Å²) in [6.07, 6.45) is 6.40. The molecule has 1 aromatic rings. The van der Waals surface area contributed by atoms with Gasteiger partial charge in [0.2, 0.25) is 5.91 Å². The number of amides is 1. The highest BCUT2D eigenvalue weighted by Gasteiger charge is 2.18. The third kappa shape index (κ3) is 6.07. The molecule has 20 heavy (non-hydrogen) atoms. The number of hydrogen-bond acceptors (Lipinski definition) is 3. The third-order valence-electron chi connectivity index (χ3n) is 3.49. The zero-order valence-corrected chi connectivity index (χ0v) is 13.3. The zero-order valence-electron chi connectivity index (χ0n) is 11.7. The summed E-state index contributed by atoms with van der Waals surface area (Å²) in [6.45, 7) is 4.07. The van der Waals surface area contributed by atoms with Crippen molar-refractivity contribution in [3.05, 3.63) is 30.1 Å². The Bertz CT molecular complexity index is 383. The van der Waals surface area contributed by atoms with Crippen LogP contribution in [0, 0.1) is 5.92 Å². The van der Waals surface area contributed by atoms with Crippen LogP contribution in [0.3, 0.4) is 0 Å². The normalized spacial score (nSPS) is 16.4. The average molecular weight is 320 g/mol. The highest BCUT2D eigenvalue weighted by atomic mass is 35.5. The van der Waals surface area contributed by atoms with Crippen molar-refractivity contribution in [2.45, 2.75) is 32.2 Å². The summed E-state index contributed by atoms with van der Waals surface area (Å²) >= 11 is 0. The minimum Gasteiger partial charge on any atom is -0.350 e. The highest BCUT2D eigenvalue weighted by Crippen LogP contribution is 2.17. The van der Waals surface area contributed by atoms with Crippen molar-refractivity contribution in [2.24, 2.45) is 5.92 Å². The standard InChI is InChI=1S/C14H21N3O.2ClH/c1-11(13-3-2-6-16-10-13)17-14(18)9-12-4-7-15-8-5-12;;/h2-3,6,10-12,15H,4-5,7-9H2,1H3,(H,17,18);2*1H/t11-;;/m0../s1. The topological polar surface area (TPSA) is 54.0 Å². The van der Waals surface area contributed by atoms with Gasteiger partial charge in [-0.05, 0) is 50.4 Å². The molecule has 1 aliphatic heterocycles. The van der Waals surface area contributed by atoms with Gasteiger partial charge in [-0.3, -0.25) is 9.78 Å². The number of aromatic nitrogens is 1. The number of carbonyl (C=O) groups excluding carboxylic acids is 1. The molecule has 4 nitrogen and oxygen atoms in total. The first-order chi connectivity index (χ1) is 8.75. The van der Waals surface area contributed by atoms with Gasteiger partial charge in [0.15, 0.2) is 0 Å². The third-order valence-corrected chi connectivity index (χ3v) is 3.49. The Morgan fingerprint density at radius 2 is 2.15 bits per heavy atom. The lowest BCUT2D eigenvalue weighted by Gasteiger charge is -2.23. The molecule has 1 aromatic heterocycles. The molecule has 2 rings (SSSR count). The second kappa shape index (κ2) is 9.97. The summed E-state index contributed by atoms with van der Waals surface area (Å²) in [4.78, 5) is 16.0. The lowest BCUT2D eigenvalue weighted by molar-refractivity contribution is -0.122. The first-order valence-corrected chi connectivity index (χ1v) is 6.65. The van der Waals surface area contributed by atoms with E-state index in [1.54, 1.807) is 12.4 Å². The fourth-order valence-corrected chi connectivity index (χ4v) is 2.36. The molecule has 1 atom stereocenters. The minimum absolute atomic E-state index is 0. The van der Waals surface area contributed by atoms with Gasteiger partial charge in [-0.1, -0.05) is 6.07 Å².